The Balaban J connectivity index is 2.29. The molecule has 0 aliphatic carbocycles. The molecule has 2 nitrogen and oxygen atoms in total. The lowest BCUT2D eigenvalue weighted by Crippen LogP contribution is -2.38. The zero-order valence-corrected chi connectivity index (χ0v) is 13.0. The monoisotopic (exact) mass is 254 g/mol. The van der Waals surface area contributed by atoms with E-state index < -0.39 is 0 Å². The zero-order valence-electron chi connectivity index (χ0n) is 13.0. The van der Waals surface area contributed by atoms with Gasteiger partial charge in [0, 0.05) is 6.04 Å². The number of nitrogens with two attached hydrogens (primary N) is 1. The molecule has 2 unspecified atom stereocenters. The highest BCUT2D eigenvalue weighted by atomic mass is 15.1. The molecule has 0 bridgehead atoms. The van der Waals surface area contributed by atoms with E-state index >= 15 is 0 Å². The van der Waals surface area contributed by atoms with E-state index in [9.17, 15) is 0 Å². The van der Waals surface area contributed by atoms with Crippen molar-refractivity contribution in [3.05, 3.63) is 0 Å². The fraction of sp³-hybridized carbons (Fsp3) is 1.00. The summed E-state index contributed by atoms with van der Waals surface area (Å²) in [7, 11) is 0. The van der Waals surface area contributed by atoms with Crippen molar-refractivity contribution >= 4 is 0 Å². The minimum Gasteiger partial charge on any atom is -0.330 e. The molecule has 0 aromatic heterocycles. The van der Waals surface area contributed by atoms with E-state index in [4.69, 9.17) is 5.73 Å². The molecule has 1 rings (SSSR count). The quantitative estimate of drug-likeness (QED) is 0.784. The lowest BCUT2D eigenvalue weighted by Gasteiger charge is -2.35. The molecular weight excluding hydrogens is 220 g/mol. The molecular formula is C16H34N2. The molecule has 0 aromatic rings. The van der Waals surface area contributed by atoms with Crippen LogP contribution in [0.25, 0.3) is 0 Å². The third kappa shape index (κ3) is 5.27. The largest absolute Gasteiger partial charge is 0.330 e. The van der Waals surface area contributed by atoms with Gasteiger partial charge in [0.2, 0.25) is 0 Å². The molecule has 0 aromatic carbocycles. The summed E-state index contributed by atoms with van der Waals surface area (Å²) >= 11 is 0. The van der Waals surface area contributed by atoms with Gasteiger partial charge in [0.15, 0.2) is 0 Å². The molecule has 0 saturated carbocycles. The van der Waals surface area contributed by atoms with Crippen LogP contribution in [-0.2, 0) is 0 Å². The first-order valence-corrected chi connectivity index (χ1v) is 7.89. The lowest BCUT2D eigenvalue weighted by atomic mass is 9.76. The second-order valence-corrected chi connectivity index (χ2v) is 7.16. The molecule has 1 aliphatic rings. The number of nitrogens with zero attached hydrogens (tertiary/aromatic N) is 1. The molecule has 2 atom stereocenters. The number of piperidine rings is 1. The van der Waals surface area contributed by atoms with Crippen LogP contribution in [-0.4, -0.2) is 30.6 Å². The maximum Gasteiger partial charge on any atom is 0.00669 e. The van der Waals surface area contributed by atoms with Crippen molar-refractivity contribution in [1.29, 1.82) is 0 Å². The molecule has 0 radical (unpaired) electrons. The van der Waals surface area contributed by atoms with Gasteiger partial charge in [-0.25, -0.2) is 0 Å². The Bertz CT molecular complexity index is 220. The SMILES string of the molecule is CC1CCCCN1CCCC(CCN)C(C)(C)C. The number of rotatable bonds is 6. The van der Waals surface area contributed by atoms with Crippen LogP contribution in [0.15, 0.2) is 0 Å². The Labute approximate surface area is 114 Å². The zero-order chi connectivity index (χ0) is 13.6. The van der Waals surface area contributed by atoms with Gasteiger partial charge >= 0.3 is 0 Å². The predicted molar refractivity (Wildman–Crippen MR) is 80.7 cm³/mol. The summed E-state index contributed by atoms with van der Waals surface area (Å²) in [5, 5.41) is 0. The number of likely N-dealkylation sites (tertiary alicyclic amines) is 1. The van der Waals surface area contributed by atoms with Crippen molar-refractivity contribution in [2.45, 2.75) is 72.3 Å². The van der Waals surface area contributed by atoms with Crippen molar-refractivity contribution < 1.29 is 0 Å². The van der Waals surface area contributed by atoms with Crippen LogP contribution in [0.2, 0.25) is 0 Å². The first-order chi connectivity index (χ1) is 8.45. The smallest absolute Gasteiger partial charge is 0.00669 e. The second-order valence-electron chi connectivity index (χ2n) is 7.16. The average Bonchev–Trinajstić information content (AvgIpc) is 2.29. The van der Waals surface area contributed by atoms with Gasteiger partial charge in [-0.3, -0.25) is 0 Å². The summed E-state index contributed by atoms with van der Waals surface area (Å²) in [6.45, 7) is 12.9. The highest BCUT2D eigenvalue weighted by Gasteiger charge is 2.24. The minimum absolute atomic E-state index is 0.410. The average molecular weight is 254 g/mol. The Morgan fingerprint density at radius 1 is 1.22 bits per heavy atom. The van der Waals surface area contributed by atoms with Crippen LogP contribution in [0.4, 0.5) is 0 Å². The van der Waals surface area contributed by atoms with Gasteiger partial charge in [-0.05, 0) is 70.0 Å². The Morgan fingerprint density at radius 2 is 1.94 bits per heavy atom. The van der Waals surface area contributed by atoms with Gasteiger partial charge in [0.05, 0.1) is 0 Å². The van der Waals surface area contributed by atoms with Gasteiger partial charge in [-0.2, -0.15) is 0 Å². The van der Waals surface area contributed by atoms with E-state index in [1.807, 2.05) is 0 Å². The molecule has 1 fully saturated rings. The van der Waals surface area contributed by atoms with E-state index in [0.717, 1.165) is 18.5 Å². The maximum atomic E-state index is 5.75. The molecule has 108 valence electrons. The maximum absolute atomic E-state index is 5.75. The number of hydrogen-bond acceptors (Lipinski definition) is 2. The Kier molecular flexibility index (Phi) is 6.65. The Hall–Kier alpha value is -0.0800. The summed E-state index contributed by atoms with van der Waals surface area (Å²) in [6, 6.07) is 0.807. The molecule has 0 spiro atoms. The van der Waals surface area contributed by atoms with Gasteiger partial charge in [-0.1, -0.05) is 27.2 Å². The van der Waals surface area contributed by atoms with Crippen molar-refractivity contribution in [3.63, 3.8) is 0 Å². The molecule has 0 amide bonds. The van der Waals surface area contributed by atoms with Gasteiger partial charge in [0.1, 0.15) is 0 Å². The summed E-state index contributed by atoms with van der Waals surface area (Å²) in [5.41, 5.74) is 6.16. The van der Waals surface area contributed by atoms with E-state index in [1.54, 1.807) is 0 Å². The van der Waals surface area contributed by atoms with Crippen LogP contribution in [0, 0.1) is 11.3 Å². The summed E-state index contributed by atoms with van der Waals surface area (Å²) in [5.74, 6) is 0.780. The summed E-state index contributed by atoms with van der Waals surface area (Å²) < 4.78 is 0. The van der Waals surface area contributed by atoms with E-state index in [0.29, 0.717) is 5.41 Å². The van der Waals surface area contributed by atoms with Crippen LogP contribution in [0.3, 0.4) is 0 Å². The van der Waals surface area contributed by atoms with E-state index in [2.05, 4.69) is 32.6 Å². The Morgan fingerprint density at radius 3 is 2.50 bits per heavy atom. The van der Waals surface area contributed by atoms with Crippen molar-refractivity contribution in [2.24, 2.45) is 17.1 Å². The summed E-state index contributed by atoms with van der Waals surface area (Å²) in [6.07, 6.45) is 8.08. The molecule has 1 aliphatic heterocycles. The molecule has 1 saturated heterocycles. The van der Waals surface area contributed by atoms with Gasteiger partial charge < -0.3 is 10.6 Å². The number of hydrogen-bond donors (Lipinski definition) is 1. The second kappa shape index (κ2) is 7.49. The summed E-state index contributed by atoms with van der Waals surface area (Å²) in [4.78, 5) is 2.69. The van der Waals surface area contributed by atoms with Crippen molar-refractivity contribution in [3.8, 4) is 0 Å². The fourth-order valence-corrected chi connectivity index (χ4v) is 3.24. The van der Waals surface area contributed by atoms with Crippen LogP contribution < -0.4 is 5.73 Å². The van der Waals surface area contributed by atoms with Crippen LogP contribution >= 0.6 is 0 Å². The normalized spacial score (nSPS) is 24.2. The topological polar surface area (TPSA) is 29.3 Å². The van der Waals surface area contributed by atoms with Crippen LogP contribution in [0.1, 0.15) is 66.2 Å². The van der Waals surface area contributed by atoms with Crippen LogP contribution in [0.5, 0.6) is 0 Å². The first kappa shape index (κ1) is 16.0. The molecule has 2 N–H and O–H groups in total. The highest BCUT2D eigenvalue weighted by Crippen LogP contribution is 2.32. The predicted octanol–water partition coefficient (Wildman–Crippen LogP) is 3.65. The molecule has 18 heavy (non-hydrogen) atoms. The van der Waals surface area contributed by atoms with Crippen molar-refractivity contribution in [2.75, 3.05) is 19.6 Å². The van der Waals surface area contributed by atoms with Gasteiger partial charge in [-0.15, -0.1) is 0 Å². The minimum atomic E-state index is 0.410. The molecule has 2 heteroatoms. The highest BCUT2D eigenvalue weighted by molar-refractivity contribution is 4.77. The van der Waals surface area contributed by atoms with Gasteiger partial charge in [0.25, 0.3) is 0 Å². The van der Waals surface area contributed by atoms with E-state index in [1.165, 1.54) is 51.6 Å². The third-order valence-corrected chi connectivity index (χ3v) is 4.68. The lowest BCUT2D eigenvalue weighted by molar-refractivity contribution is 0.143. The third-order valence-electron chi connectivity index (χ3n) is 4.68. The standard InChI is InChI=1S/C16H34N2/c1-14-8-5-6-12-18(14)13-7-9-15(10-11-17)16(2,3)4/h14-15H,5-13,17H2,1-4H3. The van der Waals surface area contributed by atoms with E-state index in [-0.39, 0.29) is 0 Å². The molecule has 1 heterocycles. The fourth-order valence-electron chi connectivity index (χ4n) is 3.24. The first-order valence-electron chi connectivity index (χ1n) is 7.89. The van der Waals surface area contributed by atoms with Crippen molar-refractivity contribution in [1.82, 2.24) is 4.90 Å².